The molecule has 80 valence electrons. The van der Waals surface area contributed by atoms with Gasteiger partial charge in [-0.05, 0) is 26.2 Å². The van der Waals surface area contributed by atoms with Gasteiger partial charge in [-0.2, -0.15) is 0 Å². The molecule has 0 spiro atoms. The summed E-state index contributed by atoms with van der Waals surface area (Å²) in [5.74, 6) is -0.296. The molecule has 14 heavy (non-hydrogen) atoms. The van der Waals surface area contributed by atoms with E-state index >= 15 is 0 Å². The fourth-order valence-electron chi connectivity index (χ4n) is 3.11. The minimum Gasteiger partial charge on any atom is -0.396 e. The monoisotopic (exact) mass is 200 g/mol. The zero-order chi connectivity index (χ0) is 10.1. The molecule has 5 atom stereocenters. The molecule has 4 heteroatoms. The zero-order valence-corrected chi connectivity index (χ0v) is 8.43. The van der Waals surface area contributed by atoms with Gasteiger partial charge in [0.1, 0.15) is 6.10 Å². The molecular weight excluding hydrogens is 184 g/mol. The maximum absolute atomic E-state index is 10.0. The quantitative estimate of drug-likeness (QED) is 0.619. The number of aliphatic hydroxyl groups excluding tert-OH is 2. The summed E-state index contributed by atoms with van der Waals surface area (Å²) in [6.45, 7) is 3.76. The first-order valence-corrected chi connectivity index (χ1v) is 5.15. The number of hydrogen-bond donors (Lipinski definition) is 2. The van der Waals surface area contributed by atoms with Crippen molar-refractivity contribution < 1.29 is 19.7 Å². The van der Waals surface area contributed by atoms with Gasteiger partial charge in [0.05, 0.1) is 18.8 Å². The molecule has 3 rings (SSSR count). The molecule has 1 heterocycles. The maximum atomic E-state index is 10.0. The smallest absolute Gasteiger partial charge is 0.163 e. The Morgan fingerprint density at radius 1 is 1.29 bits per heavy atom. The summed E-state index contributed by atoms with van der Waals surface area (Å²) < 4.78 is 11.4. The van der Waals surface area contributed by atoms with Crippen LogP contribution in [0.5, 0.6) is 0 Å². The van der Waals surface area contributed by atoms with E-state index in [-0.39, 0.29) is 30.1 Å². The highest BCUT2D eigenvalue weighted by atomic mass is 16.8. The van der Waals surface area contributed by atoms with Gasteiger partial charge in [0.2, 0.25) is 0 Å². The van der Waals surface area contributed by atoms with Gasteiger partial charge in [-0.1, -0.05) is 0 Å². The summed E-state index contributed by atoms with van der Waals surface area (Å²) in [7, 11) is 0. The van der Waals surface area contributed by atoms with Gasteiger partial charge < -0.3 is 19.7 Å². The Morgan fingerprint density at radius 3 is 2.50 bits per heavy atom. The Morgan fingerprint density at radius 2 is 1.93 bits per heavy atom. The molecule has 3 aliphatic rings. The molecular formula is C10H16O4. The van der Waals surface area contributed by atoms with E-state index in [2.05, 4.69) is 0 Å². The van der Waals surface area contributed by atoms with Crippen molar-refractivity contribution in [3.8, 4) is 0 Å². The fourth-order valence-corrected chi connectivity index (χ4v) is 3.11. The zero-order valence-electron chi connectivity index (χ0n) is 8.43. The molecule has 1 aliphatic heterocycles. The van der Waals surface area contributed by atoms with Crippen LogP contribution >= 0.6 is 0 Å². The average molecular weight is 200 g/mol. The highest BCUT2D eigenvalue weighted by molar-refractivity contribution is 5.21. The normalized spacial score (nSPS) is 58.3. The number of fused-ring (bicyclic) bond motifs is 3. The summed E-state index contributed by atoms with van der Waals surface area (Å²) in [4.78, 5) is 0. The van der Waals surface area contributed by atoms with Crippen molar-refractivity contribution in [3.05, 3.63) is 0 Å². The average Bonchev–Trinajstić information content (AvgIpc) is 2.71. The van der Waals surface area contributed by atoms with Crippen molar-refractivity contribution in [1.29, 1.82) is 0 Å². The van der Waals surface area contributed by atoms with Crippen molar-refractivity contribution in [2.45, 2.75) is 44.4 Å². The Labute approximate surface area is 82.8 Å². The van der Waals surface area contributed by atoms with E-state index in [0.717, 1.165) is 6.42 Å². The third-order valence-corrected chi connectivity index (χ3v) is 3.93. The number of hydrogen-bond acceptors (Lipinski definition) is 4. The number of rotatable bonds is 1. The molecule has 2 saturated carbocycles. The summed E-state index contributed by atoms with van der Waals surface area (Å²) in [5.41, 5.74) is -0.314. The van der Waals surface area contributed by atoms with Gasteiger partial charge in [0.25, 0.3) is 0 Å². The second kappa shape index (κ2) is 2.32. The highest BCUT2D eigenvalue weighted by Gasteiger charge is 2.74. The Balaban J connectivity index is 1.87. The molecule has 0 amide bonds. The molecule has 1 saturated heterocycles. The molecule has 0 aromatic carbocycles. The second-order valence-electron chi connectivity index (χ2n) is 5.21. The third kappa shape index (κ3) is 0.877. The van der Waals surface area contributed by atoms with Crippen molar-refractivity contribution in [1.82, 2.24) is 0 Å². The molecule has 4 nitrogen and oxygen atoms in total. The topological polar surface area (TPSA) is 58.9 Å². The first-order chi connectivity index (χ1) is 6.50. The predicted octanol–water partition coefficient (Wildman–Crippen LogP) is -0.120. The Hall–Kier alpha value is -0.160. The van der Waals surface area contributed by atoms with E-state index in [9.17, 15) is 10.2 Å². The molecule has 0 aromatic rings. The summed E-state index contributed by atoms with van der Waals surface area (Å²) >= 11 is 0. The van der Waals surface area contributed by atoms with Crippen LogP contribution in [0, 0.1) is 11.3 Å². The lowest BCUT2D eigenvalue weighted by Crippen LogP contribution is -2.36. The molecule has 2 aliphatic carbocycles. The summed E-state index contributed by atoms with van der Waals surface area (Å²) in [6, 6.07) is 0. The van der Waals surface area contributed by atoms with Crippen molar-refractivity contribution in [2.75, 3.05) is 6.61 Å². The van der Waals surface area contributed by atoms with Crippen LogP contribution in [-0.2, 0) is 9.47 Å². The van der Waals surface area contributed by atoms with Gasteiger partial charge in [0.15, 0.2) is 5.79 Å². The SMILES string of the molecule is CC1(C)OC2C(O1)C1CC1(CO)C2O. The Kier molecular flexibility index (Phi) is 1.51. The standard InChI is InChI=1S/C10H16O4/c1-9(2)13-6-5-3-10(5,4-11)8(12)7(6)14-9/h5-8,11-12H,3-4H2,1-2H3. The fraction of sp³-hybridized carbons (Fsp3) is 1.00. The van der Waals surface area contributed by atoms with E-state index in [4.69, 9.17) is 9.47 Å². The predicted molar refractivity (Wildman–Crippen MR) is 47.5 cm³/mol. The summed E-state index contributed by atoms with van der Waals surface area (Å²) in [6.07, 6.45) is 0.0398. The highest BCUT2D eigenvalue weighted by Crippen LogP contribution is 2.66. The largest absolute Gasteiger partial charge is 0.396 e. The van der Waals surface area contributed by atoms with Crippen LogP contribution in [0.25, 0.3) is 0 Å². The van der Waals surface area contributed by atoms with E-state index in [1.807, 2.05) is 13.8 Å². The third-order valence-electron chi connectivity index (χ3n) is 3.93. The minimum absolute atomic E-state index is 0.0212. The molecule has 2 N–H and O–H groups in total. The van der Waals surface area contributed by atoms with Crippen LogP contribution in [0.4, 0.5) is 0 Å². The maximum Gasteiger partial charge on any atom is 0.163 e. The van der Waals surface area contributed by atoms with Gasteiger partial charge in [-0.3, -0.25) is 0 Å². The van der Waals surface area contributed by atoms with Gasteiger partial charge in [0, 0.05) is 5.41 Å². The van der Waals surface area contributed by atoms with Crippen molar-refractivity contribution in [3.63, 3.8) is 0 Å². The molecule has 3 fully saturated rings. The number of ether oxygens (including phenoxy) is 2. The van der Waals surface area contributed by atoms with Crippen molar-refractivity contribution in [2.24, 2.45) is 11.3 Å². The first-order valence-electron chi connectivity index (χ1n) is 5.15. The van der Waals surface area contributed by atoms with E-state index in [1.54, 1.807) is 0 Å². The lowest BCUT2D eigenvalue weighted by atomic mass is 10.0. The molecule has 0 aromatic heterocycles. The lowest BCUT2D eigenvalue weighted by molar-refractivity contribution is -0.170. The Bertz CT molecular complexity index is 269. The molecule has 0 bridgehead atoms. The molecule has 5 unspecified atom stereocenters. The first kappa shape index (κ1) is 9.09. The van der Waals surface area contributed by atoms with Crippen LogP contribution in [0.2, 0.25) is 0 Å². The van der Waals surface area contributed by atoms with E-state index < -0.39 is 11.9 Å². The van der Waals surface area contributed by atoms with Gasteiger partial charge in [-0.15, -0.1) is 0 Å². The van der Waals surface area contributed by atoms with E-state index in [0.29, 0.717) is 0 Å². The lowest BCUT2D eigenvalue weighted by Gasteiger charge is -2.23. The second-order valence-corrected chi connectivity index (χ2v) is 5.21. The van der Waals surface area contributed by atoms with Crippen LogP contribution in [0.3, 0.4) is 0 Å². The summed E-state index contributed by atoms with van der Waals surface area (Å²) in [5, 5.41) is 19.3. The van der Waals surface area contributed by atoms with Crippen molar-refractivity contribution >= 4 is 0 Å². The van der Waals surface area contributed by atoms with Gasteiger partial charge >= 0.3 is 0 Å². The van der Waals surface area contributed by atoms with Crippen LogP contribution in [0.15, 0.2) is 0 Å². The molecule has 0 radical (unpaired) electrons. The van der Waals surface area contributed by atoms with Gasteiger partial charge in [-0.25, -0.2) is 0 Å². The van der Waals surface area contributed by atoms with Crippen LogP contribution in [-0.4, -0.2) is 40.9 Å². The minimum atomic E-state index is -0.583. The van der Waals surface area contributed by atoms with Crippen LogP contribution in [0.1, 0.15) is 20.3 Å². The van der Waals surface area contributed by atoms with E-state index in [1.165, 1.54) is 0 Å². The van der Waals surface area contributed by atoms with Crippen LogP contribution < -0.4 is 0 Å². The number of aliphatic hydroxyl groups is 2.